The van der Waals surface area contributed by atoms with E-state index in [4.69, 9.17) is 12.2 Å². The molecule has 0 amide bonds. The van der Waals surface area contributed by atoms with Crippen LogP contribution in [0.1, 0.15) is 32.1 Å². The van der Waals surface area contributed by atoms with E-state index >= 15 is 0 Å². The molecule has 0 heterocycles. The van der Waals surface area contributed by atoms with Gasteiger partial charge in [0.15, 0.2) is 0 Å². The Labute approximate surface area is 61.6 Å². The van der Waals surface area contributed by atoms with Crippen LogP contribution in [0.2, 0.25) is 0 Å². The molecule has 0 radical (unpaired) electrons. The van der Waals surface area contributed by atoms with Gasteiger partial charge in [0.1, 0.15) is 0 Å². The van der Waals surface area contributed by atoms with Crippen LogP contribution in [-0.4, -0.2) is 4.86 Å². The van der Waals surface area contributed by atoms with Gasteiger partial charge in [0, 0.05) is 0 Å². The largest absolute Gasteiger partial charge is 0.0897 e. The monoisotopic (exact) mass is 140 g/mol. The summed E-state index contributed by atoms with van der Waals surface area (Å²) >= 11 is 5.20. The molecular weight excluding hydrogens is 128 g/mol. The number of hydrogen-bond donors (Lipinski definition) is 0. The lowest BCUT2D eigenvalue weighted by Crippen LogP contribution is -1.91. The molecule has 2 atom stereocenters. The van der Waals surface area contributed by atoms with Gasteiger partial charge in [0.25, 0.3) is 0 Å². The normalized spacial score (nSPS) is 41.6. The molecule has 9 heavy (non-hydrogen) atoms. The van der Waals surface area contributed by atoms with Crippen LogP contribution < -0.4 is 0 Å². The first-order chi connectivity index (χ1) is 4.36. The third-order valence-electron chi connectivity index (χ3n) is 2.59. The lowest BCUT2D eigenvalue weighted by atomic mass is 10.2. The van der Waals surface area contributed by atoms with Crippen LogP contribution in [0, 0.1) is 11.8 Å². The number of thiocarbonyl (C=S) groups is 1. The van der Waals surface area contributed by atoms with E-state index in [1.54, 1.807) is 0 Å². The van der Waals surface area contributed by atoms with Crippen molar-refractivity contribution in [3.05, 3.63) is 0 Å². The van der Waals surface area contributed by atoms with Gasteiger partial charge in [-0.1, -0.05) is 12.2 Å². The van der Waals surface area contributed by atoms with E-state index in [2.05, 4.69) is 0 Å². The zero-order valence-electron chi connectivity index (χ0n) is 5.60. The van der Waals surface area contributed by atoms with Crippen molar-refractivity contribution < 1.29 is 0 Å². The fraction of sp³-hybridized carbons (Fsp3) is 0.875. The van der Waals surface area contributed by atoms with Gasteiger partial charge in [-0.15, -0.1) is 0 Å². The molecule has 0 N–H and O–H groups in total. The Bertz CT molecular complexity index is 140. The van der Waals surface area contributed by atoms with Crippen LogP contribution in [0.4, 0.5) is 0 Å². The van der Waals surface area contributed by atoms with Crippen LogP contribution in [0.5, 0.6) is 0 Å². The molecule has 2 saturated carbocycles. The molecule has 0 aliphatic heterocycles. The van der Waals surface area contributed by atoms with E-state index in [1.165, 1.54) is 37.0 Å². The fourth-order valence-corrected chi connectivity index (χ4v) is 2.23. The summed E-state index contributed by atoms with van der Waals surface area (Å²) in [5.74, 6) is 2.12. The van der Waals surface area contributed by atoms with Crippen LogP contribution in [0.25, 0.3) is 0 Å². The Kier molecular flexibility index (Phi) is 1.33. The molecule has 0 aromatic carbocycles. The van der Waals surface area contributed by atoms with Crippen molar-refractivity contribution >= 4 is 17.1 Å². The third-order valence-corrected chi connectivity index (χ3v) is 2.96. The highest BCUT2D eigenvalue weighted by Crippen LogP contribution is 2.47. The molecule has 2 unspecified atom stereocenters. The summed E-state index contributed by atoms with van der Waals surface area (Å²) in [5.41, 5.74) is 0. The van der Waals surface area contributed by atoms with E-state index < -0.39 is 0 Å². The van der Waals surface area contributed by atoms with E-state index in [0.717, 1.165) is 11.8 Å². The molecular formula is C8H12S. The Morgan fingerprint density at radius 1 is 1.33 bits per heavy atom. The first kappa shape index (κ1) is 5.84. The Balaban J connectivity index is 1.99. The summed E-state index contributed by atoms with van der Waals surface area (Å²) in [6.45, 7) is 0. The second kappa shape index (κ2) is 2.05. The summed E-state index contributed by atoms with van der Waals surface area (Å²) < 4.78 is 0. The molecule has 0 aromatic rings. The molecule has 2 aliphatic carbocycles. The van der Waals surface area contributed by atoms with Crippen LogP contribution in [0.3, 0.4) is 0 Å². The lowest BCUT2D eigenvalue weighted by Gasteiger charge is -1.95. The predicted octanol–water partition coefficient (Wildman–Crippen LogP) is 2.57. The number of hydrogen-bond acceptors (Lipinski definition) is 1. The summed E-state index contributed by atoms with van der Waals surface area (Å²) in [7, 11) is 0. The van der Waals surface area contributed by atoms with Gasteiger partial charge in [-0.2, -0.15) is 0 Å². The molecule has 0 aromatic heterocycles. The maximum Gasteiger partial charge on any atom is -0.00686 e. The minimum absolute atomic E-state index is 1.03. The average Bonchev–Trinajstić information content (AvgIpc) is 2.43. The van der Waals surface area contributed by atoms with Crippen LogP contribution >= 0.6 is 12.2 Å². The number of fused-ring (bicyclic) bond motifs is 1. The molecule has 2 fully saturated rings. The van der Waals surface area contributed by atoms with E-state index in [0.29, 0.717) is 0 Å². The van der Waals surface area contributed by atoms with Gasteiger partial charge in [-0.3, -0.25) is 0 Å². The Morgan fingerprint density at radius 3 is 3.11 bits per heavy atom. The molecule has 1 heteroatoms. The third kappa shape index (κ3) is 1.16. The zero-order chi connectivity index (χ0) is 6.27. The molecule has 0 saturated heterocycles. The Hall–Kier alpha value is 0.0900. The number of rotatable bonds is 0. The topological polar surface area (TPSA) is 0 Å². The molecule has 2 rings (SSSR count). The molecule has 2 aliphatic rings. The highest BCUT2D eigenvalue weighted by atomic mass is 32.1. The smallest absolute Gasteiger partial charge is 0.00686 e. The summed E-state index contributed by atoms with van der Waals surface area (Å²) in [6.07, 6.45) is 6.84. The lowest BCUT2D eigenvalue weighted by molar-refractivity contribution is 0.659. The minimum Gasteiger partial charge on any atom is -0.0897 e. The first-order valence-electron chi connectivity index (χ1n) is 3.88. The quantitative estimate of drug-likeness (QED) is 0.466. The SMILES string of the molecule is S=C1CCCC2CC2C1. The van der Waals surface area contributed by atoms with Gasteiger partial charge in [0.2, 0.25) is 0 Å². The maximum absolute atomic E-state index is 5.20. The van der Waals surface area contributed by atoms with Gasteiger partial charge in [-0.25, -0.2) is 0 Å². The van der Waals surface area contributed by atoms with Gasteiger partial charge in [0.05, 0.1) is 0 Å². The van der Waals surface area contributed by atoms with E-state index in [1.807, 2.05) is 0 Å². The minimum atomic E-state index is 1.03. The highest BCUT2D eigenvalue weighted by Gasteiger charge is 2.38. The summed E-state index contributed by atoms with van der Waals surface area (Å²) in [5, 5.41) is 0. The fourth-order valence-electron chi connectivity index (χ4n) is 1.87. The van der Waals surface area contributed by atoms with Crippen molar-refractivity contribution in [3.8, 4) is 0 Å². The maximum atomic E-state index is 5.20. The molecule has 0 spiro atoms. The van der Waals surface area contributed by atoms with Crippen molar-refractivity contribution in [3.63, 3.8) is 0 Å². The van der Waals surface area contributed by atoms with Crippen molar-refractivity contribution in [2.75, 3.05) is 0 Å². The van der Waals surface area contributed by atoms with E-state index in [9.17, 15) is 0 Å². The van der Waals surface area contributed by atoms with Crippen molar-refractivity contribution in [1.29, 1.82) is 0 Å². The van der Waals surface area contributed by atoms with Crippen LogP contribution in [0.15, 0.2) is 0 Å². The van der Waals surface area contributed by atoms with E-state index in [-0.39, 0.29) is 0 Å². The van der Waals surface area contributed by atoms with Gasteiger partial charge >= 0.3 is 0 Å². The average molecular weight is 140 g/mol. The highest BCUT2D eigenvalue weighted by molar-refractivity contribution is 7.80. The molecule has 0 nitrogen and oxygen atoms in total. The van der Waals surface area contributed by atoms with Crippen molar-refractivity contribution in [1.82, 2.24) is 0 Å². The second-order valence-corrected chi connectivity index (χ2v) is 3.97. The zero-order valence-corrected chi connectivity index (χ0v) is 6.41. The standard InChI is InChI=1S/C8H12S/c9-8-3-1-2-6-4-7(6)5-8/h6-7H,1-5H2. The van der Waals surface area contributed by atoms with Gasteiger partial charge < -0.3 is 0 Å². The summed E-state index contributed by atoms with van der Waals surface area (Å²) in [4.78, 5) is 1.35. The molecule has 50 valence electrons. The molecule has 0 bridgehead atoms. The summed E-state index contributed by atoms with van der Waals surface area (Å²) in [6, 6.07) is 0. The van der Waals surface area contributed by atoms with Crippen LogP contribution in [-0.2, 0) is 0 Å². The van der Waals surface area contributed by atoms with Gasteiger partial charge in [-0.05, 0) is 48.8 Å². The van der Waals surface area contributed by atoms with Crippen molar-refractivity contribution in [2.24, 2.45) is 11.8 Å². The van der Waals surface area contributed by atoms with Crippen molar-refractivity contribution in [2.45, 2.75) is 32.1 Å². The Morgan fingerprint density at radius 2 is 2.22 bits per heavy atom. The first-order valence-corrected chi connectivity index (χ1v) is 4.29. The predicted molar refractivity (Wildman–Crippen MR) is 42.7 cm³/mol. The second-order valence-electron chi connectivity index (χ2n) is 3.39.